The van der Waals surface area contributed by atoms with E-state index < -0.39 is 62.8 Å². The van der Waals surface area contributed by atoms with Crippen LogP contribution < -0.4 is 16.2 Å². The highest BCUT2D eigenvalue weighted by molar-refractivity contribution is 8.07. The van der Waals surface area contributed by atoms with Crippen LogP contribution in [-0.2, 0) is 39.3 Å². The predicted octanol–water partition coefficient (Wildman–Crippen LogP) is 2.27. The molecule has 9 atom stereocenters. The maximum atomic E-state index is 15.6. The third-order valence-corrected chi connectivity index (χ3v) is 11.1. The van der Waals surface area contributed by atoms with Crippen molar-refractivity contribution in [3.63, 3.8) is 0 Å². The molecule has 19 nitrogen and oxygen atoms in total. The Labute approximate surface area is 290 Å². The number of carbonyl (C=O) groups is 1. The number of aromatic nitrogens is 7. The number of H-pyrrole nitrogens is 1. The molecule has 0 aliphatic heterocycles. The molecule has 270 valence electrons. The van der Waals surface area contributed by atoms with Gasteiger partial charge in [0.25, 0.3) is 5.56 Å². The normalized spacial score (nSPS) is 26.5. The number of nitrogens with one attached hydrogen (secondary N) is 3. The third-order valence-electron chi connectivity index (χ3n) is 8.26. The molecule has 0 radical (unpaired) electrons. The average Bonchev–Trinajstić information content (AvgIpc) is 3.76. The van der Waals surface area contributed by atoms with Gasteiger partial charge in [-0.2, -0.15) is 10.2 Å². The van der Waals surface area contributed by atoms with Gasteiger partial charge in [-0.15, -0.1) is 14.5 Å². The molecule has 0 aromatic carbocycles. The maximum Gasteiger partial charge on any atom is 0.695 e. The lowest BCUT2D eigenvalue weighted by Crippen LogP contribution is -2.33. The van der Waals surface area contributed by atoms with E-state index in [-0.39, 0.29) is 68.0 Å². The number of hydrogen-bond donors (Lipinski definition) is 5. The number of nitrogens with zero attached hydrogens (tertiary/aromatic N) is 7. The zero-order chi connectivity index (χ0) is 36.0. The summed E-state index contributed by atoms with van der Waals surface area (Å²) in [4.78, 5) is 49.3. The first-order valence-corrected chi connectivity index (χ1v) is 19.3. The number of rotatable bonds is 16. The number of carbonyl (C=O) groups excluding carboxylic acids is 1. The van der Waals surface area contributed by atoms with Gasteiger partial charge in [-0.25, -0.2) is 19.0 Å². The number of aliphatic hydroxyl groups excluding tert-OH is 1. The molecule has 2 unspecified atom stereocenters. The number of aliphatic hydroxyl groups is 1. The fraction of sp³-hybridized carbons (Fsp3) is 0.630. The van der Waals surface area contributed by atoms with E-state index in [0.717, 1.165) is 0 Å². The second-order valence-corrected chi connectivity index (χ2v) is 15.7. The summed E-state index contributed by atoms with van der Waals surface area (Å²) in [6.07, 6.45) is -0.580. The second-order valence-electron chi connectivity index (χ2n) is 12.1. The van der Waals surface area contributed by atoms with Gasteiger partial charge in [0, 0.05) is 29.2 Å². The highest BCUT2D eigenvalue weighted by Gasteiger charge is 2.50. The predicted molar refractivity (Wildman–Crippen MR) is 177 cm³/mol. The Morgan fingerprint density at radius 1 is 1.34 bits per heavy atom. The number of hydrogen-bond acceptors (Lipinski definition) is 16. The molecule has 2 saturated carbocycles. The van der Waals surface area contributed by atoms with Gasteiger partial charge in [-0.1, -0.05) is 19.1 Å². The summed E-state index contributed by atoms with van der Waals surface area (Å²) < 4.78 is 52.0. The fourth-order valence-corrected chi connectivity index (χ4v) is 8.51. The monoisotopic (exact) mass is 757 g/mol. The molecule has 2 aliphatic rings. The number of nitriles is 1. The van der Waals surface area contributed by atoms with Gasteiger partial charge in [0.05, 0.1) is 43.9 Å². The molecule has 0 spiro atoms. The maximum absolute atomic E-state index is 15.6. The van der Waals surface area contributed by atoms with E-state index in [9.17, 15) is 24.2 Å². The average molecular weight is 758 g/mol. The summed E-state index contributed by atoms with van der Waals surface area (Å²) >= 11 is 5.78. The van der Waals surface area contributed by atoms with E-state index in [1.54, 1.807) is 19.9 Å². The first-order chi connectivity index (χ1) is 23.9. The SMILES string of the molecule is CC(C)C(=O)Nc1nc2c(nnn2[C@@H]2C[C@H](CO)C[C@H]2OP(=S)(OCCC#N)OC[C@H]2C[C@@H](Nc3ccncn3)[C@H](F)[C@@H]2O[P+](=O)O)c(=O)[nH]1. The van der Waals surface area contributed by atoms with E-state index in [1.165, 1.54) is 17.2 Å². The van der Waals surface area contributed by atoms with Gasteiger partial charge in [0.2, 0.25) is 11.9 Å². The second kappa shape index (κ2) is 16.7. The van der Waals surface area contributed by atoms with Gasteiger partial charge in [0.15, 0.2) is 23.4 Å². The number of halogens is 1. The molecule has 2 fully saturated rings. The highest BCUT2D eigenvalue weighted by Crippen LogP contribution is 2.56. The van der Waals surface area contributed by atoms with Gasteiger partial charge in [-0.05, 0) is 43.1 Å². The standard InChI is InChI=1S/C27H35FN10O9P2S/c1-14(2)25(40)34-27-33-24-22(26(41)35-27)36-37-38(24)18-8-15(11-39)9-19(18)47-49(50,44-7-3-5-29)45-12-16-10-17(21(28)23(16)46-48(42)43)32-20-4-6-30-13-31-20/h4,6,13-19,21,23,39H,3,7-12H2,1-2H3,(H3-,30,31,32,33,34,35,37,40,41,42,43)/p+1/t15-,16+,17+,18+,19+,21-,23+,49?/m0/s1. The molecule has 5 rings (SSSR count). The lowest BCUT2D eigenvalue weighted by molar-refractivity contribution is -0.118. The molecule has 50 heavy (non-hydrogen) atoms. The molecule has 5 N–H and O–H groups in total. The quantitative estimate of drug-likeness (QED) is 0.104. The minimum Gasteiger partial charge on any atom is -0.396 e. The molecular formula is C27H36FN10O9P2S+. The summed E-state index contributed by atoms with van der Waals surface area (Å²) in [6.45, 7) is -1.09. The molecule has 2 aliphatic carbocycles. The summed E-state index contributed by atoms with van der Waals surface area (Å²) in [5, 5.41) is 32.9. The molecule has 0 bridgehead atoms. The van der Waals surface area contributed by atoms with Crippen LogP contribution in [0.2, 0.25) is 0 Å². The lowest BCUT2D eigenvalue weighted by Gasteiger charge is -2.29. The molecule has 3 heterocycles. The molecule has 1 amide bonds. The van der Waals surface area contributed by atoms with Crippen LogP contribution in [0.3, 0.4) is 0 Å². The van der Waals surface area contributed by atoms with Crippen molar-refractivity contribution in [1.82, 2.24) is 34.9 Å². The van der Waals surface area contributed by atoms with Crippen molar-refractivity contribution in [2.24, 2.45) is 17.8 Å². The fourth-order valence-electron chi connectivity index (χ4n) is 5.83. The van der Waals surface area contributed by atoms with Crippen molar-refractivity contribution in [3.8, 4) is 6.07 Å². The van der Waals surface area contributed by atoms with Crippen molar-refractivity contribution < 1.29 is 41.8 Å². The van der Waals surface area contributed by atoms with E-state index in [1.807, 2.05) is 6.07 Å². The molecule has 3 aromatic rings. The van der Waals surface area contributed by atoms with Gasteiger partial charge in [0.1, 0.15) is 12.1 Å². The Balaban J connectivity index is 1.39. The Kier molecular flexibility index (Phi) is 12.6. The minimum atomic E-state index is -3.76. The Morgan fingerprint density at radius 3 is 2.82 bits per heavy atom. The number of aromatic amines is 1. The van der Waals surface area contributed by atoms with Crippen LogP contribution in [0.15, 0.2) is 23.4 Å². The van der Waals surface area contributed by atoms with Crippen molar-refractivity contribution in [3.05, 3.63) is 28.9 Å². The number of fused-ring (bicyclic) bond motifs is 1. The summed E-state index contributed by atoms with van der Waals surface area (Å²) in [5.74, 6) is -1.63. The molecule has 3 aromatic heterocycles. The van der Waals surface area contributed by atoms with E-state index in [2.05, 4.69) is 40.9 Å². The number of alkyl halides is 1. The van der Waals surface area contributed by atoms with Crippen molar-refractivity contribution in [1.29, 1.82) is 5.26 Å². The summed E-state index contributed by atoms with van der Waals surface area (Å²) in [7, 11) is -3.17. The topological polar surface area (TPSA) is 262 Å². The van der Waals surface area contributed by atoms with Crippen LogP contribution in [0, 0.1) is 29.1 Å². The molecule has 23 heteroatoms. The minimum absolute atomic E-state index is 0.0462. The first kappa shape index (κ1) is 37.8. The number of anilines is 2. The Morgan fingerprint density at radius 2 is 2.14 bits per heavy atom. The third kappa shape index (κ3) is 9.07. The van der Waals surface area contributed by atoms with Gasteiger partial charge >= 0.3 is 15.0 Å². The summed E-state index contributed by atoms with van der Waals surface area (Å²) in [6, 6.07) is 1.94. The Bertz CT molecular complexity index is 1820. The number of amides is 1. The van der Waals surface area contributed by atoms with Crippen LogP contribution in [0.1, 0.15) is 45.6 Å². The van der Waals surface area contributed by atoms with Crippen molar-refractivity contribution in [2.75, 3.05) is 30.5 Å². The highest BCUT2D eigenvalue weighted by atomic mass is 32.5. The molecule has 0 saturated heterocycles. The Hall–Kier alpha value is -3.44. The van der Waals surface area contributed by atoms with Gasteiger partial charge in [-0.3, -0.25) is 19.9 Å². The van der Waals surface area contributed by atoms with Crippen LogP contribution in [0.4, 0.5) is 16.2 Å². The largest absolute Gasteiger partial charge is 0.695 e. The first-order valence-electron chi connectivity index (χ1n) is 15.6. The summed E-state index contributed by atoms with van der Waals surface area (Å²) in [5.41, 5.74) is -0.690. The van der Waals surface area contributed by atoms with Crippen LogP contribution in [-0.4, -0.2) is 95.1 Å². The van der Waals surface area contributed by atoms with Crippen LogP contribution in [0.5, 0.6) is 0 Å². The van der Waals surface area contributed by atoms with E-state index in [4.69, 9.17) is 35.2 Å². The zero-order valence-corrected chi connectivity index (χ0v) is 29.5. The van der Waals surface area contributed by atoms with Crippen molar-refractivity contribution in [2.45, 2.75) is 70.0 Å². The van der Waals surface area contributed by atoms with Crippen molar-refractivity contribution >= 4 is 55.6 Å². The van der Waals surface area contributed by atoms with Crippen LogP contribution in [0.25, 0.3) is 11.2 Å². The zero-order valence-electron chi connectivity index (χ0n) is 26.9. The smallest absolute Gasteiger partial charge is 0.396 e. The van der Waals surface area contributed by atoms with Gasteiger partial charge < -0.3 is 24.0 Å². The molecular weight excluding hydrogens is 721 g/mol. The van der Waals surface area contributed by atoms with E-state index in [0.29, 0.717) is 12.2 Å². The lowest BCUT2D eigenvalue weighted by atomic mass is 10.1. The van der Waals surface area contributed by atoms with Crippen LogP contribution >= 0.6 is 15.0 Å². The van der Waals surface area contributed by atoms with E-state index >= 15 is 4.39 Å².